The first kappa shape index (κ1) is 17.0. The van der Waals surface area contributed by atoms with Gasteiger partial charge in [0.2, 0.25) is 5.79 Å². The van der Waals surface area contributed by atoms with Crippen LogP contribution in [0.15, 0.2) is 54.6 Å². The Balaban J connectivity index is 1.54. The summed E-state index contributed by atoms with van der Waals surface area (Å²) in [6.07, 6.45) is 5.85. The maximum absolute atomic E-state index is 13.5. The summed E-state index contributed by atoms with van der Waals surface area (Å²) in [5.41, 5.74) is 1.85. The lowest BCUT2D eigenvalue weighted by Crippen LogP contribution is -2.53. The van der Waals surface area contributed by atoms with Gasteiger partial charge in [-0.3, -0.25) is 0 Å². The molecule has 1 heterocycles. The van der Waals surface area contributed by atoms with E-state index in [0.29, 0.717) is 6.42 Å². The van der Waals surface area contributed by atoms with E-state index in [1.165, 1.54) is 24.3 Å². The molecule has 5 heteroatoms. The molecule has 1 saturated carbocycles. The maximum Gasteiger partial charge on any atom is 0.202 e. The second-order valence-corrected chi connectivity index (χ2v) is 7.59. The van der Waals surface area contributed by atoms with Crippen LogP contribution in [0.4, 0.5) is 8.78 Å². The van der Waals surface area contributed by atoms with Crippen molar-refractivity contribution >= 4 is 5.57 Å². The van der Waals surface area contributed by atoms with Gasteiger partial charge in [0.15, 0.2) is 5.60 Å². The van der Waals surface area contributed by atoms with Crippen LogP contribution in [0.1, 0.15) is 43.2 Å². The van der Waals surface area contributed by atoms with Gasteiger partial charge in [0.1, 0.15) is 17.7 Å². The molecule has 1 saturated heterocycles. The summed E-state index contributed by atoms with van der Waals surface area (Å²) in [6, 6.07) is 12.7. The molecule has 2 fully saturated rings. The predicted octanol–water partition coefficient (Wildman–Crippen LogP) is 5.26. The number of fused-ring (bicyclic) bond motifs is 1. The minimum atomic E-state index is -0.870. The van der Waals surface area contributed by atoms with Crippen LogP contribution < -0.4 is 0 Å². The van der Waals surface area contributed by atoms with E-state index >= 15 is 0 Å². The van der Waals surface area contributed by atoms with Crippen molar-refractivity contribution in [2.45, 2.75) is 49.6 Å². The summed E-state index contributed by atoms with van der Waals surface area (Å²) in [4.78, 5) is 11.9. The number of benzene rings is 2. The first-order chi connectivity index (χ1) is 13.1. The number of hydrogen-bond acceptors (Lipinski definition) is 3. The quantitative estimate of drug-likeness (QED) is 0.675. The topological polar surface area (TPSA) is 27.7 Å². The Hall–Kier alpha value is -2.08. The Bertz CT molecular complexity index is 869. The fraction of sp³-hybridized carbons (Fsp3) is 0.364. The van der Waals surface area contributed by atoms with Crippen molar-refractivity contribution in [1.29, 1.82) is 0 Å². The Morgan fingerprint density at radius 1 is 0.815 bits per heavy atom. The zero-order valence-electron chi connectivity index (χ0n) is 14.8. The molecule has 5 rings (SSSR count). The average Bonchev–Trinajstić information content (AvgIpc) is 3.28. The molecule has 0 bridgehead atoms. The van der Waals surface area contributed by atoms with Gasteiger partial charge in [0.05, 0.1) is 0 Å². The molecule has 140 valence electrons. The highest BCUT2D eigenvalue weighted by Gasteiger charge is 2.57. The number of hydrogen-bond donors (Lipinski definition) is 0. The normalized spacial score (nSPS) is 29.0. The molecule has 0 N–H and O–H groups in total. The first-order valence-corrected chi connectivity index (χ1v) is 9.36. The summed E-state index contributed by atoms with van der Waals surface area (Å²) in [6.45, 7) is 0. The summed E-state index contributed by atoms with van der Waals surface area (Å²) in [5.74, 6) is -1.28. The van der Waals surface area contributed by atoms with Gasteiger partial charge in [-0.15, -0.1) is 0 Å². The van der Waals surface area contributed by atoms with Crippen LogP contribution in [0.2, 0.25) is 0 Å². The third-order valence-electron chi connectivity index (χ3n) is 5.86. The fourth-order valence-corrected chi connectivity index (χ4v) is 4.39. The van der Waals surface area contributed by atoms with E-state index in [2.05, 4.69) is 0 Å². The summed E-state index contributed by atoms with van der Waals surface area (Å²) in [7, 11) is 0. The molecule has 2 aromatic rings. The average molecular weight is 370 g/mol. The van der Waals surface area contributed by atoms with Crippen molar-refractivity contribution in [3.8, 4) is 0 Å². The third kappa shape index (κ3) is 2.81. The molecular formula is C22H20F2O3. The van der Waals surface area contributed by atoms with Gasteiger partial charge in [0, 0.05) is 19.3 Å². The lowest BCUT2D eigenvalue weighted by Gasteiger charge is -2.45. The van der Waals surface area contributed by atoms with Crippen LogP contribution in [0.25, 0.3) is 5.57 Å². The molecular weight excluding hydrogens is 350 g/mol. The van der Waals surface area contributed by atoms with E-state index in [9.17, 15) is 8.78 Å². The van der Waals surface area contributed by atoms with Crippen LogP contribution in [0, 0.1) is 11.6 Å². The Kier molecular flexibility index (Phi) is 3.93. The van der Waals surface area contributed by atoms with E-state index in [-0.39, 0.29) is 17.7 Å². The van der Waals surface area contributed by atoms with Gasteiger partial charge >= 0.3 is 0 Å². The van der Waals surface area contributed by atoms with E-state index in [4.69, 9.17) is 14.5 Å². The van der Waals surface area contributed by atoms with Gasteiger partial charge in [-0.1, -0.05) is 24.3 Å². The highest BCUT2D eigenvalue weighted by atomic mass is 19.1. The van der Waals surface area contributed by atoms with Gasteiger partial charge in [0.25, 0.3) is 0 Å². The molecule has 2 atom stereocenters. The second-order valence-electron chi connectivity index (χ2n) is 7.59. The standard InChI is InChI=1S/C22H20F2O3/c23-18-7-3-15(4-8-18)16-13-20-22(14-16,17-5-9-19(24)10-6-17)27-26-21(25-20)11-1-2-12-21/h3-10,13,20H,1-2,11-12,14H2/t20-,22-/m0/s1. The summed E-state index contributed by atoms with van der Waals surface area (Å²) in [5, 5.41) is 0. The van der Waals surface area contributed by atoms with E-state index in [1.54, 1.807) is 24.3 Å². The molecule has 0 amide bonds. The monoisotopic (exact) mass is 370 g/mol. The predicted molar refractivity (Wildman–Crippen MR) is 95.3 cm³/mol. The molecule has 1 aliphatic heterocycles. The third-order valence-corrected chi connectivity index (χ3v) is 5.86. The van der Waals surface area contributed by atoms with Crippen LogP contribution in [-0.4, -0.2) is 11.9 Å². The summed E-state index contributed by atoms with van der Waals surface area (Å²) < 4.78 is 33.2. The highest BCUT2D eigenvalue weighted by Crippen LogP contribution is 2.53. The summed E-state index contributed by atoms with van der Waals surface area (Å²) >= 11 is 0. The lowest BCUT2D eigenvalue weighted by molar-refractivity contribution is -0.524. The van der Waals surface area contributed by atoms with Crippen molar-refractivity contribution in [2.24, 2.45) is 0 Å². The Morgan fingerprint density at radius 3 is 2.11 bits per heavy atom. The van der Waals surface area contributed by atoms with Crippen molar-refractivity contribution in [2.75, 3.05) is 0 Å². The smallest absolute Gasteiger partial charge is 0.202 e. The molecule has 2 aliphatic carbocycles. The van der Waals surface area contributed by atoms with Gasteiger partial charge in [-0.25, -0.2) is 18.6 Å². The second kappa shape index (κ2) is 6.23. The Morgan fingerprint density at radius 2 is 1.44 bits per heavy atom. The maximum atomic E-state index is 13.5. The first-order valence-electron chi connectivity index (χ1n) is 9.36. The fourth-order valence-electron chi connectivity index (χ4n) is 4.39. The number of rotatable bonds is 2. The SMILES string of the molecule is Fc1ccc(C2=C[C@@H]3OC4(CCCC4)OO[C@]3(c3ccc(F)cc3)C2)cc1. The van der Waals surface area contributed by atoms with Crippen molar-refractivity contribution < 1.29 is 23.3 Å². The Labute approximate surface area is 156 Å². The van der Waals surface area contributed by atoms with Crippen LogP contribution in [0.5, 0.6) is 0 Å². The van der Waals surface area contributed by atoms with Gasteiger partial charge < -0.3 is 4.74 Å². The van der Waals surface area contributed by atoms with Crippen molar-refractivity contribution in [3.63, 3.8) is 0 Å². The van der Waals surface area contributed by atoms with Crippen LogP contribution in [-0.2, 0) is 20.1 Å². The van der Waals surface area contributed by atoms with Crippen LogP contribution >= 0.6 is 0 Å². The molecule has 2 aromatic carbocycles. The van der Waals surface area contributed by atoms with Crippen molar-refractivity contribution in [1.82, 2.24) is 0 Å². The van der Waals surface area contributed by atoms with Gasteiger partial charge in [-0.2, -0.15) is 0 Å². The molecule has 27 heavy (non-hydrogen) atoms. The molecule has 0 aromatic heterocycles. The van der Waals surface area contributed by atoms with Gasteiger partial charge in [-0.05, 0) is 59.9 Å². The zero-order chi connectivity index (χ0) is 18.5. The van der Waals surface area contributed by atoms with E-state index in [0.717, 1.165) is 42.4 Å². The van der Waals surface area contributed by atoms with E-state index < -0.39 is 11.4 Å². The highest BCUT2D eigenvalue weighted by molar-refractivity contribution is 5.70. The van der Waals surface area contributed by atoms with Crippen molar-refractivity contribution in [3.05, 3.63) is 77.4 Å². The molecule has 1 spiro atoms. The minimum absolute atomic E-state index is 0.274. The molecule has 3 nitrogen and oxygen atoms in total. The molecule has 3 aliphatic rings. The number of halogens is 2. The lowest BCUT2D eigenvalue weighted by atomic mass is 9.87. The number of ether oxygens (including phenoxy) is 1. The zero-order valence-corrected chi connectivity index (χ0v) is 14.8. The van der Waals surface area contributed by atoms with Crippen LogP contribution in [0.3, 0.4) is 0 Å². The molecule has 0 unspecified atom stereocenters. The van der Waals surface area contributed by atoms with E-state index in [1.807, 2.05) is 6.08 Å². The largest absolute Gasteiger partial charge is 0.336 e. The molecule has 0 radical (unpaired) electrons. The minimum Gasteiger partial charge on any atom is -0.336 e.